The van der Waals surface area contributed by atoms with Gasteiger partial charge in [-0.2, -0.15) is 0 Å². The fourth-order valence-electron chi connectivity index (χ4n) is 1.06. The molecule has 15 heavy (non-hydrogen) atoms. The molecule has 0 aliphatic carbocycles. The monoisotopic (exact) mass is 204 g/mol. The van der Waals surface area contributed by atoms with Gasteiger partial charge in [-0.05, 0) is 30.2 Å². The lowest BCUT2D eigenvalue weighted by Gasteiger charge is -1.96. The molecule has 1 heterocycles. The predicted octanol–water partition coefficient (Wildman–Crippen LogP) is 2.29. The number of aliphatic hydroxyl groups is 1. The highest BCUT2D eigenvalue weighted by atomic mass is 16.3. The van der Waals surface area contributed by atoms with E-state index in [4.69, 9.17) is 10.6 Å². The van der Waals surface area contributed by atoms with E-state index in [2.05, 4.69) is 15.0 Å². The van der Waals surface area contributed by atoms with Crippen LogP contribution >= 0.6 is 0 Å². The standard InChI is InChI=1S/C10H12N4O/c11-14-12-7-2-1-4-9-5-3-6-10(8-15)13-9/h1,3-6,15H,2,7-8H2. The zero-order valence-corrected chi connectivity index (χ0v) is 8.24. The van der Waals surface area contributed by atoms with E-state index < -0.39 is 0 Å². The smallest absolute Gasteiger partial charge is 0.0853 e. The molecule has 0 aliphatic rings. The van der Waals surface area contributed by atoms with E-state index in [0.717, 1.165) is 5.69 Å². The van der Waals surface area contributed by atoms with Crippen molar-refractivity contribution in [3.63, 3.8) is 0 Å². The Labute approximate surface area is 87.7 Å². The second-order valence-corrected chi connectivity index (χ2v) is 2.86. The average molecular weight is 204 g/mol. The van der Waals surface area contributed by atoms with Crippen LogP contribution in [0.2, 0.25) is 0 Å². The number of hydrogen-bond donors (Lipinski definition) is 1. The fraction of sp³-hybridized carbons (Fsp3) is 0.300. The minimum Gasteiger partial charge on any atom is -0.390 e. The molecule has 5 heteroatoms. The molecule has 0 unspecified atom stereocenters. The average Bonchev–Trinajstić information content (AvgIpc) is 2.29. The van der Waals surface area contributed by atoms with Crippen molar-refractivity contribution in [2.45, 2.75) is 13.0 Å². The van der Waals surface area contributed by atoms with Crippen molar-refractivity contribution in [3.8, 4) is 0 Å². The summed E-state index contributed by atoms with van der Waals surface area (Å²) >= 11 is 0. The molecule has 0 spiro atoms. The van der Waals surface area contributed by atoms with Crippen LogP contribution in [0.1, 0.15) is 17.8 Å². The first kappa shape index (κ1) is 11.2. The molecule has 0 bridgehead atoms. The van der Waals surface area contributed by atoms with Crippen LogP contribution in [0, 0.1) is 0 Å². The Bertz CT molecular complexity index is 383. The Morgan fingerprint density at radius 3 is 3.13 bits per heavy atom. The van der Waals surface area contributed by atoms with Crippen molar-refractivity contribution in [2.75, 3.05) is 6.54 Å². The van der Waals surface area contributed by atoms with Gasteiger partial charge in [0.2, 0.25) is 0 Å². The topological polar surface area (TPSA) is 81.9 Å². The third-order valence-electron chi connectivity index (χ3n) is 1.74. The van der Waals surface area contributed by atoms with E-state index in [0.29, 0.717) is 18.7 Å². The van der Waals surface area contributed by atoms with Gasteiger partial charge in [0.25, 0.3) is 0 Å². The first-order valence-corrected chi connectivity index (χ1v) is 4.61. The van der Waals surface area contributed by atoms with Crippen LogP contribution in [0.5, 0.6) is 0 Å². The molecule has 5 nitrogen and oxygen atoms in total. The molecule has 1 N–H and O–H groups in total. The Balaban J connectivity index is 2.52. The van der Waals surface area contributed by atoms with Crippen LogP contribution in [-0.2, 0) is 6.61 Å². The second kappa shape index (κ2) is 6.59. The Morgan fingerprint density at radius 2 is 2.40 bits per heavy atom. The van der Waals surface area contributed by atoms with Crippen molar-refractivity contribution >= 4 is 6.08 Å². The molecular formula is C10H12N4O. The van der Waals surface area contributed by atoms with Crippen LogP contribution in [0.25, 0.3) is 16.5 Å². The van der Waals surface area contributed by atoms with E-state index >= 15 is 0 Å². The first-order chi connectivity index (χ1) is 7.36. The Morgan fingerprint density at radius 1 is 1.53 bits per heavy atom. The van der Waals surface area contributed by atoms with Gasteiger partial charge >= 0.3 is 0 Å². The Kier molecular flexibility index (Phi) is 4.94. The molecule has 1 rings (SSSR count). The normalized spacial score (nSPS) is 10.2. The summed E-state index contributed by atoms with van der Waals surface area (Å²) in [5.41, 5.74) is 9.48. The lowest BCUT2D eigenvalue weighted by atomic mass is 10.2. The summed E-state index contributed by atoms with van der Waals surface area (Å²) in [4.78, 5) is 6.82. The maximum absolute atomic E-state index is 8.86. The molecular weight excluding hydrogens is 192 g/mol. The summed E-state index contributed by atoms with van der Waals surface area (Å²) in [7, 11) is 0. The van der Waals surface area contributed by atoms with Gasteiger partial charge in [0, 0.05) is 11.5 Å². The van der Waals surface area contributed by atoms with Crippen molar-refractivity contribution in [1.29, 1.82) is 0 Å². The van der Waals surface area contributed by atoms with Crippen molar-refractivity contribution in [3.05, 3.63) is 46.1 Å². The minimum atomic E-state index is -0.0552. The van der Waals surface area contributed by atoms with Gasteiger partial charge in [0.05, 0.1) is 18.0 Å². The summed E-state index contributed by atoms with van der Waals surface area (Å²) in [5.74, 6) is 0. The van der Waals surface area contributed by atoms with Gasteiger partial charge in [-0.25, -0.2) is 0 Å². The van der Waals surface area contributed by atoms with Gasteiger partial charge in [-0.1, -0.05) is 17.3 Å². The van der Waals surface area contributed by atoms with Crippen LogP contribution in [0.3, 0.4) is 0 Å². The number of aromatic nitrogens is 1. The van der Waals surface area contributed by atoms with E-state index in [1.807, 2.05) is 24.3 Å². The molecule has 0 fully saturated rings. The lowest BCUT2D eigenvalue weighted by Crippen LogP contribution is -1.90. The second-order valence-electron chi connectivity index (χ2n) is 2.86. The van der Waals surface area contributed by atoms with Gasteiger partial charge in [-0.3, -0.25) is 4.98 Å². The highest BCUT2D eigenvalue weighted by molar-refractivity contribution is 5.44. The zero-order valence-electron chi connectivity index (χ0n) is 8.24. The summed E-state index contributed by atoms with van der Waals surface area (Å²) < 4.78 is 0. The minimum absolute atomic E-state index is 0.0552. The molecule has 0 saturated heterocycles. The van der Waals surface area contributed by atoms with Crippen LogP contribution in [0.4, 0.5) is 0 Å². The molecule has 0 saturated carbocycles. The predicted molar refractivity (Wildman–Crippen MR) is 57.8 cm³/mol. The molecule has 0 aliphatic heterocycles. The number of pyridine rings is 1. The maximum Gasteiger partial charge on any atom is 0.0853 e. The lowest BCUT2D eigenvalue weighted by molar-refractivity contribution is 0.277. The van der Waals surface area contributed by atoms with Crippen LogP contribution in [-0.4, -0.2) is 16.6 Å². The summed E-state index contributed by atoms with van der Waals surface area (Å²) in [6.45, 7) is 0.396. The summed E-state index contributed by atoms with van der Waals surface area (Å²) in [6, 6.07) is 5.45. The number of rotatable bonds is 5. The van der Waals surface area contributed by atoms with E-state index in [1.165, 1.54) is 0 Å². The first-order valence-electron chi connectivity index (χ1n) is 4.61. The van der Waals surface area contributed by atoms with Crippen LogP contribution < -0.4 is 0 Å². The molecule has 78 valence electrons. The van der Waals surface area contributed by atoms with Crippen molar-refractivity contribution < 1.29 is 5.11 Å². The Hall–Kier alpha value is -1.84. The molecule has 1 aromatic heterocycles. The third-order valence-corrected chi connectivity index (χ3v) is 1.74. The largest absolute Gasteiger partial charge is 0.390 e. The number of aliphatic hydroxyl groups excluding tert-OH is 1. The van der Waals surface area contributed by atoms with E-state index in [-0.39, 0.29) is 6.61 Å². The highest BCUT2D eigenvalue weighted by Crippen LogP contribution is 2.02. The highest BCUT2D eigenvalue weighted by Gasteiger charge is 1.91. The zero-order chi connectivity index (χ0) is 10.9. The molecule has 0 radical (unpaired) electrons. The third kappa shape index (κ3) is 4.26. The molecule has 0 amide bonds. The van der Waals surface area contributed by atoms with Crippen molar-refractivity contribution in [1.82, 2.24) is 4.98 Å². The molecule has 0 aromatic carbocycles. The quantitative estimate of drug-likeness (QED) is 0.345. The fourth-order valence-corrected chi connectivity index (χ4v) is 1.06. The molecule has 0 atom stereocenters. The van der Waals surface area contributed by atoms with Crippen molar-refractivity contribution in [2.24, 2.45) is 5.11 Å². The van der Waals surface area contributed by atoms with Gasteiger partial charge in [0.1, 0.15) is 0 Å². The van der Waals surface area contributed by atoms with Gasteiger partial charge in [-0.15, -0.1) is 0 Å². The number of azide groups is 1. The summed E-state index contributed by atoms with van der Waals surface area (Å²) in [5, 5.41) is 12.3. The maximum atomic E-state index is 8.86. The van der Waals surface area contributed by atoms with Crippen LogP contribution in [0.15, 0.2) is 29.4 Å². The molecule has 1 aromatic rings. The van der Waals surface area contributed by atoms with E-state index in [9.17, 15) is 0 Å². The SMILES string of the molecule is [N-]=[N+]=NCCC=Cc1cccc(CO)n1. The summed E-state index contributed by atoms with van der Waals surface area (Å²) in [6.07, 6.45) is 4.42. The van der Waals surface area contributed by atoms with Gasteiger partial charge in [0.15, 0.2) is 0 Å². The van der Waals surface area contributed by atoms with Gasteiger partial charge < -0.3 is 5.11 Å². The number of hydrogen-bond acceptors (Lipinski definition) is 3. The van der Waals surface area contributed by atoms with E-state index in [1.54, 1.807) is 6.07 Å². The number of nitrogens with zero attached hydrogens (tertiary/aromatic N) is 4.